The van der Waals surface area contributed by atoms with Gasteiger partial charge < -0.3 is 5.32 Å². The van der Waals surface area contributed by atoms with Crippen molar-refractivity contribution in [1.29, 1.82) is 0 Å². The van der Waals surface area contributed by atoms with Crippen molar-refractivity contribution < 1.29 is 0 Å². The van der Waals surface area contributed by atoms with Crippen LogP contribution in [0.3, 0.4) is 0 Å². The lowest BCUT2D eigenvalue weighted by atomic mass is 10.2. The van der Waals surface area contributed by atoms with Gasteiger partial charge in [0.15, 0.2) is 11.5 Å². The SMILES string of the molecule is Brc1cccn2nc(C3CCCN3)nc12. The molecule has 1 aliphatic rings. The van der Waals surface area contributed by atoms with Crippen LogP contribution in [0.1, 0.15) is 24.7 Å². The first-order valence-corrected chi connectivity index (χ1v) is 5.88. The molecule has 15 heavy (non-hydrogen) atoms. The van der Waals surface area contributed by atoms with Crippen LogP contribution < -0.4 is 5.32 Å². The Morgan fingerprint density at radius 1 is 1.53 bits per heavy atom. The van der Waals surface area contributed by atoms with Crippen LogP contribution in [0.2, 0.25) is 0 Å². The molecule has 0 bridgehead atoms. The zero-order valence-electron chi connectivity index (χ0n) is 8.15. The van der Waals surface area contributed by atoms with Gasteiger partial charge in [-0.3, -0.25) is 0 Å². The van der Waals surface area contributed by atoms with Crippen molar-refractivity contribution in [2.45, 2.75) is 18.9 Å². The Balaban J connectivity index is 2.09. The van der Waals surface area contributed by atoms with Gasteiger partial charge in [-0.25, -0.2) is 9.50 Å². The van der Waals surface area contributed by atoms with Crippen LogP contribution in [0.4, 0.5) is 0 Å². The van der Waals surface area contributed by atoms with E-state index in [1.807, 2.05) is 22.8 Å². The van der Waals surface area contributed by atoms with Crippen molar-refractivity contribution in [2.24, 2.45) is 0 Å². The summed E-state index contributed by atoms with van der Waals surface area (Å²) in [5.74, 6) is 0.902. The fourth-order valence-electron chi connectivity index (χ4n) is 1.94. The molecule has 1 unspecified atom stereocenters. The monoisotopic (exact) mass is 266 g/mol. The number of rotatable bonds is 1. The normalized spacial score (nSPS) is 21.3. The molecule has 0 amide bonds. The number of aromatic nitrogens is 3. The second-order valence-electron chi connectivity index (χ2n) is 3.74. The number of pyridine rings is 1. The summed E-state index contributed by atoms with van der Waals surface area (Å²) in [7, 11) is 0. The number of nitrogens with one attached hydrogen (secondary N) is 1. The number of hydrogen-bond donors (Lipinski definition) is 1. The molecule has 0 aromatic carbocycles. The van der Waals surface area contributed by atoms with Crippen molar-refractivity contribution >= 4 is 21.6 Å². The predicted molar refractivity (Wildman–Crippen MR) is 60.7 cm³/mol. The molecule has 0 saturated carbocycles. The Morgan fingerprint density at radius 3 is 3.20 bits per heavy atom. The summed E-state index contributed by atoms with van der Waals surface area (Å²) >= 11 is 3.48. The molecule has 0 spiro atoms. The standard InChI is InChI=1S/C10H11BrN4/c11-7-3-2-6-15-10(7)13-9(14-15)8-4-1-5-12-8/h2-3,6,8,12H,1,4-5H2. The van der Waals surface area contributed by atoms with Crippen molar-refractivity contribution in [1.82, 2.24) is 19.9 Å². The van der Waals surface area contributed by atoms with E-state index in [-0.39, 0.29) is 0 Å². The first kappa shape index (κ1) is 9.30. The summed E-state index contributed by atoms with van der Waals surface area (Å²) in [6.45, 7) is 1.07. The quantitative estimate of drug-likeness (QED) is 0.858. The molecule has 4 nitrogen and oxygen atoms in total. The van der Waals surface area contributed by atoms with Crippen molar-refractivity contribution in [3.05, 3.63) is 28.6 Å². The van der Waals surface area contributed by atoms with Gasteiger partial charge in [-0.2, -0.15) is 0 Å². The Morgan fingerprint density at radius 2 is 2.47 bits per heavy atom. The number of fused-ring (bicyclic) bond motifs is 1. The summed E-state index contributed by atoms with van der Waals surface area (Å²) < 4.78 is 2.81. The van der Waals surface area contributed by atoms with Gasteiger partial charge in [-0.05, 0) is 47.4 Å². The average Bonchev–Trinajstić information content (AvgIpc) is 2.86. The highest BCUT2D eigenvalue weighted by atomic mass is 79.9. The van der Waals surface area contributed by atoms with Crippen LogP contribution in [0.15, 0.2) is 22.8 Å². The van der Waals surface area contributed by atoms with Crippen LogP contribution in [0.5, 0.6) is 0 Å². The predicted octanol–water partition coefficient (Wildman–Crippen LogP) is 1.92. The lowest BCUT2D eigenvalue weighted by Gasteiger charge is -2.02. The van der Waals surface area contributed by atoms with Crippen LogP contribution >= 0.6 is 15.9 Å². The van der Waals surface area contributed by atoms with Crippen molar-refractivity contribution in [3.8, 4) is 0 Å². The van der Waals surface area contributed by atoms with E-state index in [0.29, 0.717) is 6.04 Å². The number of nitrogens with zero attached hydrogens (tertiary/aromatic N) is 3. The van der Waals surface area contributed by atoms with E-state index in [2.05, 4.69) is 31.3 Å². The van der Waals surface area contributed by atoms with Crippen molar-refractivity contribution in [3.63, 3.8) is 0 Å². The van der Waals surface area contributed by atoms with Crippen LogP contribution in [0, 0.1) is 0 Å². The maximum Gasteiger partial charge on any atom is 0.169 e. The van der Waals surface area contributed by atoms with E-state index >= 15 is 0 Å². The molecular weight excluding hydrogens is 256 g/mol. The molecule has 1 saturated heterocycles. The minimum Gasteiger partial charge on any atom is -0.307 e. The Labute approximate surface area is 95.8 Å². The molecule has 5 heteroatoms. The van der Waals surface area contributed by atoms with Crippen LogP contribution in [-0.4, -0.2) is 21.1 Å². The van der Waals surface area contributed by atoms with E-state index in [4.69, 9.17) is 0 Å². The smallest absolute Gasteiger partial charge is 0.169 e. The molecule has 1 atom stereocenters. The highest BCUT2D eigenvalue weighted by molar-refractivity contribution is 9.10. The van der Waals surface area contributed by atoms with Gasteiger partial charge in [0.1, 0.15) is 0 Å². The largest absolute Gasteiger partial charge is 0.307 e. The van der Waals surface area contributed by atoms with E-state index in [1.165, 1.54) is 6.42 Å². The maximum absolute atomic E-state index is 4.54. The lowest BCUT2D eigenvalue weighted by molar-refractivity contribution is 0.604. The second kappa shape index (κ2) is 3.57. The summed E-state index contributed by atoms with van der Waals surface area (Å²) in [5, 5.41) is 7.87. The topological polar surface area (TPSA) is 42.2 Å². The Hall–Kier alpha value is -0.940. The molecular formula is C10H11BrN4. The van der Waals surface area contributed by atoms with Crippen molar-refractivity contribution in [2.75, 3.05) is 6.54 Å². The van der Waals surface area contributed by atoms with E-state index in [0.717, 1.165) is 28.9 Å². The molecule has 0 aliphatic carbocycles. The third-order valence-corrected chi connectivity index (χ3v) is 3.32. The first-order valence-electron chi connectivity index (χ1n) is 5.09. The Kier molecular flexibility index (Phi) is 2.21. The van der Waals surface area contributed by atoms with Gasteiger partial charge in [0.25, 0.3) is 0 Å². The number of hydrogen-bond acceptors (Lipinski definition) is 3. The molecule has 2 aromatic heterocycles. The van der Waals surface area contributed by atoms with Gasteiger partial charge in [0.2, 0.25) is 0 Å². The highest BCUT2D eigenvalue weighted by Crippen LogP contribution is 2.22. The molecule has 78 valence electrons. The third kappa shape index (κ3) is 1.55. The highest BCUT2D eigenvalue weighted by Gasteiger charge is 2.20. The fourth-order valence-corrected chi connectivity index (χ4v) is 2.37. The minimum absolute atomic E-state index is 0.330. The molecule has 1 aliphatic heterocycles. The minimum atomic E-state index is 0.330. The summed E-state index contributed by atoms with van der Waals surface area (Å²) in [5.41, 5.74) is 0.890. The average molecular weight is 267 g/mol. The zero-order valence-corrected chi connectivity index (χ0v) is 9.74. The molecule has 0 radical (unpaired) electrons. The van der Waals surface area contributed by atoms with E-state index in [1.54, 1.807) is 0 Å². The fraction of sp³-hybridized carbons (Fsp3) is 0.400. The summed E-state index contributed by atoms with van der Waals surface area (Å²) in [4.78, 5) is 4.54. The van der Waals surface area contributed by atoms with Gasteiger partial charge in [0.05, 0.1) is 10.5 Å². The van der Waals surface area contributed by atoms with E-state index < -0.39 is 0 Å². The first-order chi connectivity index (χ1) is 7.34. The number of halogens is 1. The van der Waals surface area contributed by atoms with Gasteiger partial charge in [0, 0.05) is 6.20 Å². The summed E-state index contributed by atoms with van der Waals surface area (Å²) in [6, 6.07) is 4.27. The maximum atomic E-state index is 4.54. The van der Waals surface area contributed by atoms with Crippen LogP contribution in [-0.2, 0) is 0 Å². The van der Waals surface area contributed by atoms with Gasteiger partial charge in [-0.15, -0.1) is 5.10 Å². The zero-order chi connectivity index (χ0) is 10.3. The van der Waals surface area contributed by atoms with Crippen LogP contribution in [0.25, 0.3) is 5.65 Å². The molecule has 2 aromatic rings. The molecule has 3 heterocycles. The lowest BCUT2D eigenvalue weighted by Crippen LogP contribution is -2.14. The van der Waals surface area contributed by atoms with Gasteiger partial charge >= 0.3 is 0 Å². The molecule has 3 rings (SSSR count). The van der Waals surface area contributed by atoms with E-state index in [9.17, 15) is 0 Å². The summed E-state index contributed by atoms with van der Waals surface area (Å²) in [6.07, 6.45) is 4.27. The Bertz CT molecular complexity index is 487. The van der Waals surface area contributed by atoms with Gasteiger partial charge in [-0.1, -0.05) is 0 Å². The molecule has 1 fully saturated rings. The second-order valence-corrected chi connectivity index (χ2v) is 4.60. The molecule has 1 N–H and O–H groups in total. The third-order valence-electron chi connectivity index (χ3n) is 2.70.